The summed E-state index contributed by atoms with van der Waals surface area (Å²) in [5.41, 5.74) is 0. The van der Waals surface area contributed by atoms with Crippen molar-refractivity contribution in [1.29, 1.82) is 0 Å². The van der Waals surface area contributed by atoms with E-state index in [0.717, 1.165) is 51.4 Å². The molecule has 0 amide bonds. The van der Waals surface area contributed by atoms with Crippen LogP contribution in [0, 0.1) is 0 Å². The van der Waals surface area contributed by atoms with Crippen LogP contribution in [0.15, 0.2) is 12.2 Å². The van der Waals surface area contributed by atoms with Crippen LogP contribution >= 0.6 is 13.5 Å². The van der Waals surface area contributed by atoms with E-state index in [-0.39, 0.29) is 25.6 Å². The lowest BCUT2D eigenvalue weighted by Gasteiger charge is -2.07. The van der Waals surface area contributed by atoms with Crippen LogP contribution in [0.25, 0.3) is 0 Å². The Morgan fingerprint density at radius 1 is 0.885 bits per heavy atom. The molecule has 0 heterocycles. The van der Waals surface area contributed by atoms with Crippen molar-refractivity contribution >= 4 is 19.5 Å². The zero-order valence-electron chi connectivity index (χ0n) is 17.3. The van der Waals surface area contributed by atoms with Gasteiger partial charge < -0.3 is 9.84 Å². The molecule has 1 N–H and O–H groups in total. The van der Waals surface area contributed by atoms with Crippen LogP contribution < -0.4 is 0 Å². The summed E-state index contributed by atoms with van der Waals surface area (Å²) >= 11 is 0. The molecule has 0 rings (SSSR count). The maximum absolute atomic E-state index is 11.4. The predicted molar refractivity (Wildman–Crippen MR) is 117 cm³/mol. The first-order chi connectivity index (χ1) is 12.2. The smallest absolute Gasteiger partial charge is 0.305 e. The third-order valence-corrected chi connectivity index (χ3v) is 4.48. The number of ether oxygens (including phenoxy) is 1. The molecule has 1 atom stereocenters. The summed E-state index contributed by atoms with van der Waals surface area (Å²) in [7, 11) is 0. The maximum atomic E-state index is 11.4. The van der Waals surface area contributed by atoms with Gasteiger partial charge in [-0.05, 0) is 38.5 Å². The lowest BCUT2D eigenvalue weighted by Crippen LogP contribution is -2.05. The number of hydrogen-bond acceptors (Lipinski definition) is 3. The standard InChI is InChI=1S/C22H42O3.H2S/c1-3-5-7-14-17-21(23)18-15-12-10-8-9-11-13-16-19-22(24)25-20-6-4-2;/h12,15,21,23H,3-11,13-14,16-20H2,1-2H3;1H2/b15-12-;. The van der Waals surface area contributed by atoms with Gasteiger partial charge in [0.1, 0.15) is 0 Å². The maximum Gasteiger partial charge on any atom is 0.305 e. The van der Waals surface area contributed by atoms with Crippen molar-refractivity contribution < 1.29 is 14.6 Å². The zero-order chi connectivity index (χ0) is 18.6. The number of rotatable bonds is 18. The van der Waals surface area contributed by atoms with Gasteiger partial charge in [-0.2, -0.15) is 13.5 Å². The van der Waals surface area contributed by atoms with Gasteiger partial charge in [0.2, 0.25) is 0 Å². The molecule has 26 heavy (non-hydrogen) atoms. The fourth-order valence-corrected chi connectivity index (χ4v) is 2.76. The molecule has 0 aromatic carbocycles. The Hall–Kier alpha value is -0.480. The molecule has 156 valence electrons. The fraction of sp³-hybridized carbons (Fsp3) is 0.864. The van der Waals surface area contributed by atoms with Crippen LogP contribution in [-0.4, -0.2) is 23.8 Å². The molecule has 0 aromatic heterocycles. The number of aliphatic hydroxyl groups excluding tert-OH is 1. The van der Waals surface area contributed by atoms with E-state index >= 15 is 0 Å². The van der Waals surface area contributed by atoms with Crippen molar-refractivity contribution in [2.75, 3.05) is 6.61 Å². The fourth-order valence-electron chi connectivity index (χ4n) is 2.76. The quantitative estimate of drug-likeness (QED) is 0.167. The molecular weight excluding hydrogens is 344 g/mol. The summed E-state index contributed by atoms with van der Waals surface area (Å²) in [5.74, 6) is -0.0374. The average molecular weight is 389 g/mol. The molecule has 0 spiro atoms. The number of carbonyl (C=O) groups excluding carboxylic acids is 1. The SMILES string of the molecule is CCCCCCC(O)C/C=C\CCCCCCCC(=O)OCCCC.S. The van der Waals surface area contributed by atoms with Gasteiger partial charge in [0.15, 0.2) is 0 Å². The summed E-state index contributed by atoms with van der Waals surface area (Å²) in [6.07, 6.45) is 20.2. The monoisotopic (exact) mass is 388 g/mol. The van der Waals surface area contributed by atoms with Crippen molar-refractivity contribution in [3.05, 3.63) is 12.2 Å². The minimum atomic E-state index is -0.162. The highest BCUT2D eigenvalue weighted by Crippen LogP contribution is 2.10. The topological polar surface area (TPSA) is 46.5 Å². The predicted octanol–water partition coefficient (Wildman–Crippen LogP) is 6.45. The van der Waals surface area contributed by atoms with Crippen molar-refractivity contribution in [1.82, 2.24) is 0 Å². The van der Waals surface area contributed by atoms with Crippen LogP contribution in [0.4, 0.5) is 0 Å². The van der Waals surface area contributed by atoms with Gasteiger partial charge in [0.25, 0.3) is 0 Å². The van der Waals surface area contributed by atoms with E-state index in [2.05, 4.69) is 26.0 Å². The van der Waals surface area contributed by atoms with E-state index in [1.165, 1.54) is 38.5 Å². The number of aliphatic hydroxyl groups is 1. The molecule has 0 aliphatic rings. The molecule has 0 fully saturated rings. The summed E-state index contributed by atoms with van der Waals surface area (Å²) in [5, 5.41) is 9.87. The van der Waals surface area contributed by atoms with E-state index < -0.39 is 0 Å². The summed E-state index contributed by atoms with van der Waals surface area (Å²) < 4.78 is 5.14. The first-order valence-electron chi connectivity index (χ1n) is 10.7. The second-order valence-electron chi connectivity index (χ2n) is 7.09. The molecule has 1 unspecified atom stereocenters. The summed E-state index contributed by atoms with van der Waals surface area (Å²) in [6, 6.07) is 0. The highest BCUT2D eigenvalue weighted by molar-refractivity contribution is 7.59. The van der Waals surface area contributed by atoms with Crippen molar-refractivity contribution in [2.45, 2.75) is 116 Å². The Kier molecular flexibility index (Phi) is 24.1. The van der Waals surface area contributed by atoms with Gasteiger partial charge in [-0.25, -0.2) is 0 Å². The number of allylic oxidation sites excluding steroid dienone is 1. The minimum Gasteiger partial charge on any atom is -0.466 e. The molecule has 0 aliphatic heterocycles. The average Bonchev–Trinajstić information content (AvgIpc) is 2.60. The van der Waals surface area contributed by atoms with E-state index in [4.69, 9.17) is 4.74 Å². The van der Waals surface area contributed by atoms with Crippen molar-refractivity contribution in [3.8, 4) is 0 Å². The lowest BCUT2D eigenvalue weighted by atomic mass is 10.1. The van der Waals surface area contributed by atoms with Gasteiger partial charge in [0, 0.05) is 6.42 Å². The molecule has 0 radical (unpaired) electrons. The van der Waals surface area contributed by atoms with Crippen LogP contribution in [0.2, 0.25) is 0 Å². The van der Waals surface area contributed by atoms with E-state index in [0.29, 0.717) is 13.0 Å². The zero-order valence-corrected chi connectivity index (χ0v) is 18.3. The Labute approximate surface area is 169 Å². The molecular formula is C22H44O3S. The van der Waals surface area contributed by atoms with Crippen LogP contribution in [0.1, 0.15) is 110 Å². The second-order valence-corrected chi connectivity index (χ2v) is 7.09. The largest absolute Gasteiger partial charge is 0.466 e. The second kappa shape index (κ2) is 22.6. The molecule has 0 aromatic rings. The molecule has 0 saturated carbocycles. The highest BCUT2D eigenvalue weighted by atomic mass is 32.1. The Bertz CT molecular complexity index is 319. The first-order valence-corrected chi connectivity index (χ1v) is 10.7. The van der Waals surface area contributed by atoms with Crippen molar-refractivity contribution in [2.24, 2.45) is 0 Å². The van der Waals surface area contributed by atoms with Gasteiger partial charge in [-0.1, -0.05) is 77.4 Å². The van der Waals surface area contributed by atoms with Gasteiger partial charge in [-0.15, -0.1) is 0 Å². The van der Waals surface area contributed by atoms with Crippen LogP contribution in [0.5, 0.6) is 0 Å². The van der Waals surface area contributed by atoms with Gasteiger partial charge in [-0.3, -0.25) is 4.79 Å². The molecule has 0 saturated heterocycles. The molecule has 0 bridgehead atoms. The van der Waals surface area contributed by atoms with Crippen LogP contribution in [0.3, 0.4) is 0 Å². The number of carbonyl (C=O) groups is 1. The minimum absolute atomic E-state index is 0. The van der Waals surface area contributed by atoms with E-state index in [1.54, 1.807) is 0 Å². The third kappa shape index (κ3) is 21.6. The van der Waals surface area contributed by atoms with Crippen LogP contribution in [-0.2, 0) is 9.53 Å². The molecule has 4 heteroatoms. The third-order valence-electron chi connectivity index (χ3n) is 4.48. The normalized spacial score (nSPS) is 12.1. The Balaban J connectivity index is 0. The Morgan fingerprint density at radius 3 is 2.27 bits per heavy atom. The number of esters is 1. The molecule has 3 nitrogen and oxygen atoms in total. The molecule has 0 aliphatic carbocycles. The van der Waals surface area contributed by atoms with Gasteiger partial charge in [0.05, 0.1) is 12.7 Å². The van der Waals surface area contributed by atoms with E-state index in [1.807, 2.05) is 0 Å². The summed E-state index contributed by atoms with van der Waals surface area (Å²) in [4.78, 5) is 11.4. The Morgan fingerprint density at radius 2 is 1.54 bits per heavy atom. The number of unbranched alkanes of at least 4 members (excludes halogenated alkanes) is 9. The van der Waals surface area contributed by atoms with Crippen molar-refractivity contribution in [3.63, 3.8) is 0 Å². The van der Waals surface area contributed by atoms with E-state index in [9.17, 15) is 9.90 Å². The lowest BCUT2D eigenvalue weighted by molar-refractivity contribution is -0.143. The summed E-state index contributed by atoms with van der Waals surface area (Å²) in [6.45, 7) is 4.89. The first kappa shape index (κ1) is 27.7. The van der Waals surface area contributed by atoms with Gasteiger partial charge >= 0.3 is 5.97 Å². The number of hydrogen-bond donors (Lipinski definition) is 1. The highest BCUT2D eigenvalue weighted by Gasteiger charge is 2.02.